The molecular formula is C31H43ClN2O3. The number of methoxy groups -OCH3 is 2. The van der Waals surface area contributed by atoms with Gasteiger partial charge in [-0.15, -0.1) is 12.4 Å². The molecule has 1 unspecified atom stereocenters. The van der Waals surface area contributed by atoms with Crippen molar-refractivity contribution in [2.24, 2.45) is 11.8 Å². The van der Waals surface area contributed by atoms with Crippen molar-refractivity contribution in [3.63, 3.8) is 0 Å². The van der Waals surface area contributed by atoms with E-state index in [0.717, 1.165) is 67.6 Å². The molecule has 0 saturated carbocycles. The number of hydrogen-bond donors (Lipinski definition) is 0. The van der Waals surface area contributed by atoms with Crippen molar-refractivity contribution in [1.29, 1.82) is 5.26 Å². The van der Waals surface area contributed by atoms with Crippen molar-refractivity contribution in [1.82, 2.24) is 4.90 Å². The first kappa shape index (κ1) is 30.7. The van der Waals surface area contributed by atoms with Crippen LogP contribution in [-0.4, -0.2) is 44.5 Å². The van der Waals surface area contributed by atoms with Crippen molar-refractivity contribution in [3.8, 4) is 17.6 Å². The summed E-state index contributed by atoms with van der Waals surface area (Å²) in [6.45, 7) is 13.2. The van der Waals surface area contributed by atoms with Gasteiger partial charge in [-0.05, 0) is 101 Å². The lowest BCUT2D eigenvalue weighted by atomic mass is 9.69. The molecule has 1 atom stereocenters. The predicted octanol–water partition coefficient (Wildman–Crippen LogP) is 6.84. The number of carbonyl (C=O) groups is 1. The molecule has 0 aromatic heterocycles. The summed E-state index contributed by atoms with van der Waals surface area (Å²) in [4.78, 5) is 15.8. The van der Waals surface area contributed by atoms with E-state index in [4.69, 9.17) is 9.47 Å². The van der Waals surface area contributed by atoms with Crippen LogP contribution in [0, 0.1) is 43.9 Å². The van der Waals surface area contributed by atoms with Gasteiger partial charge in [0, 0.05) is 11.5 Å². The Kier molecular flexibility index (Phi) is 11.0. The number of ketones is 1. The fraction of sp³-hybridized carbons (Fsp3) is 0.548. The van der Waals surface area contributed by atoms with Crippen LogP contribution in [0.15, 0.2) is 30.3 Å². The van der Waals surface area contributed by atoms with Crippen molar-refractivity contribution in [2.75, 3.05) is 33.9 Å². The Bertz CT molecular complexity index is 1090. The smallest absolute Gasteiger partial charge is 0.166 e. The first-order chi connectivity index (χ1) is 17.2. The number of aryl methyl sites for hydroxylation is 3. The molecule has 37 heavy (non-hydrogen) atoms. The third-order valence-electron chi connectivity index (χ3n) is 8.01. The molecular weight excluding hydrogens is 484 g/mol. The number of ether oxygens (including phenoxy) is 2. The number of nitrogens with zero attached hydrogens (tertiary/aromatic N) is 2. The van der Waals surface area contributed by atoms with Crippen molar-refractivity contribution in [2.45, 2.75) is 65.7 Å². The number of halogens is 1. The van der Waals surface area contributed by atoms with Crippen LogP contribution in [0.25, 0.3) is 0 Å². The first-order valence-corrected chi connectivity index (χ1v) is 13.1. The lowest BCUT2D eigenvalue weighted by molar-refractivity contribution is 0.0836. The molecule has 0 spiro atoms. The van der Waals surface area contributed by atoms with Crippen LogP contribution in [0.4, 0.5) is 0 Å². The van der Waals surface area contributed by atoms with E-state index in [9.17, 15) is 10.1 Å². The minimum atomic E-state index is -0.589. The van der Waals surface area contributed by atoms with Crippen molar-refractivity contribution in [3.05, 3.63) is 58.1 Å². The molecule has 0 aliphatic carbocycles. The van der Waals surface area contributed by atoms with Crippen LogP contribution in [0.2, 0.25) is 0 Å². The van der Waals surface area contributed by atoms with Gasteiger partial charge in [0.2, 0.25) is 0 Å². The normalized spacial score (nSPS) is 16.0. The van der Waals surface area contributed by atoms with E-state index in [1.54, 1.807) is 14.2 Å². The summed E-state index contributed by atoms with van der Waals surface area (Å²) < 4.78 is 10.9. The summed E-state index contributed by atoms with van der Waals surface area (Å²) in [6.07, 6.45) is 3.50. The summed E-state index contributed by atoms with van der Waals surface area (Å²) in [5.41, 5.74) is 4.71. The Morgan fingerprint density at radius 1 is 1.05 bits per heavy atom. The summed E-state index contributed by atoms with van der Waals surface area (Å²) in [6, 6.07) is 12.7. The standard InChI is InChI=1S/C31H42N2O3.ClH/c1-21(2)31(20-32,26-9-10-27(35-6)28(19-26)36-7)13-8-14-33-15-11-25(12-16-33)30(34)29-23(4)17-22(3)18-24(29)5;/h9-10,17-19,21,25H,8,11-16H2,1-7H3;1H. The molecule has 1 fully saturated rings. The van der Waals surface area contributed by atoms with E-state index >= 15 is 0 Å². The predicted molar refractivity (Wildman–Crippen MR) is 152 cm³/mol. The molecule has 1 aliphatic heterocycles. The Balaban J connectivity index is 0.00000481. The molecule has 1 saturated heterocycles. The van der Waals surface area contributed by atoms with Gasteiger partial charge in [0.25, 0.3) is 0 Å². The highest BCUT2D eigenvalue weighted by atomic mass is 35.5. The molecule has 0 amide bonds. The zero-order valence-electron chi connectivity index (χ0n) is 23.5. The summed E-state index contributed by atoms with van der Waals surface area (Å²) in [5.74, 6) is 1.89. The van der Waals surface area contributed by atoms with E-state index in [1.165, 1.54) is 5.56 Å². The topological polar surface area (TPSA) is 62.6 Å². The molecule has 3 rings (SSSR count). The fourth-order valence-corrected chi connectivity index (χ4v) is 5.90. The Labute approximate surface area is 229 Å². The molecule has 6 heteroatoms. The summed E-state index contributed by atoms with van der Waals surface area (Å²) >= 11 is 0. The number of piperidine rings is 1. The average molecular weight is 527 g/mol. The second kappa shape index (κ2) is 13.3. The zero-order chi connectivity index (χ0) is 26.5. The van der Waals surface area contributed by atoms with Crippen LogP contribution in [0.1, 0.15) is 72.1 Å². The van der Waals surface area contributed by atoms with E-state index in [2.05, 4.69) is 57.7 Å². The van der Waals surface area contributed by atoms with Gasteiger partial charge in [-0.1, -0.05) is 37.6 Å². The Morgan fingerprint density at radius 3 is 2.16 bits per heavy atom. The third kappa shape index (κ3) is 6.67. The lowest BCUT2D eigenvalue weighted by Crippen LogP contribution is -2.38. The van der Waals surface area contributed by atoms with Gasteiger partial charge in [-0.25, -0.2) is 0 Å². The van der Waals surface area contributed by atoms with Gasteiger partial charge in [0.05, 0.1) is 25.7 Å². The van der Waals surface area contributed by atoms with Crippen LogP contribution in [0.5, 0.6) is 11.5 Å². The van der Waals surface area contributed by atoms with Crippen molar-refractivity contribution >= 4 is 18.2 Å². The third-order valence-corrected chi connectivity index (χ3v) is 8.01. The van der Waals surface area contributed by atoms with Crippen molar-refractivity contribution < 1.29 is 14.3 Å². The molecule has 202 valence electrons. The van der Waals surface area contributed by atoms with E-state index in [0.29, 0.717) is 17.3 Å². The van der Waals surface area contributed by atoms with E-state index in [1.807, 2.05) is 18.2 Å². The highest BCUT2D eigenvalue weighted by Crippen LogP contribution is 2.40. The highest BCUT2D eigenvalue weighted by molar-refractivity contribution is 6.00. The number of likely N-dealkylation sites (tertiary alicyclic amines) is 1. The maximum Gasteiger partial charge on any atom is 0.166 e. The van der Waals surface area contributed by atoms with Gasteiger partial charge in [-0.2, -0.15) is 5.26 Å². The Hall–Kier alpha value is -2.55. The lowest BCUT2D eigenvalue weighted by Gasteiger charge is -2.35. The number of benzene rings is 2. The molecule has 0 radical (unpaired) electrons. The number of rotatable bonds is 10. The quantitative estimate of drug-likeness (QED) is 0.317. The highest BCUT2D eigenvalue weighted by Gasteiger charge is 2.37. The monoisotopic (exact) mass is 526 g/mol. The number of nitriles is 1. The molecule has 1 heterocycles. The molecule has 5 nitrogen and oxygen atoms in total. The Morgan fingerprint density at radius 2 is 1.65 bits per heavy atom. The average Bonchev–Trinajstić information content (AvgIpc) is 2.85. The second-order valence-corrected chi connectivity index (χ2v) is 10.7. The molecule has 0 bridgehead atoms. The molecule has 1 aliphatic rings. The summed E-state index contributed by atoms with van der Waals surface area (Å²) in [7, 11) is 3.25. The number of carbonyl (C=O) groups excluding carboxylic acids is 1. The maximum atomic E-state index is 13.3. The van der Waals surface area contributed by atoms with Gasteiger partial charge in [0.15, 0.2) is 17.3 Å². The molecule has 2 aromatic carbocycles. The van der Waals surface area contributed by atoms with Crippen LogP contribution >= 0.6 is 12.4 Å². The molecule has 0 N–H and O–H groups in total. The fourth-order valence-electron chi connectivity index (χ4n) is 5.90. The van der Waals surface area contributed by atoms with Gasteiger partial charge in [0.1, 0.15) is 0 Å². The number of hydrogen-bond acceptors (Lipinski definition) is 5. The van der Waals surface area contributed by atoms with Crippen LogP contribution in [-0.2, 0) is 5.41 Å². The van der Waals surface area contributed by atoms with Crippen LogP contribution in [0.3, 0.4) is 0 Å². The molecule has 2 aromatic rings. The SMILES string of the molecule is COc1ccc(C(C#N)(CCCN2CCC(C(=O)c3c(C)cc(C)cc3C)CC2)C(C)C)cc1OC.Cl. The summed E-state index contributed by atoms with van der Waals surface area (Å²) in [5, 5.41) is 10.3. The van der Waals surface area contributed by atoms with Gasteiger partial charge >= 0.3 is 0 Å². The second-order valence-electron chi connectivity index (χ2n) is 10.7. The van der Waals surface area contributed by atoms with Gasteiger partial charge in [-0.3, -0.25) is 4.79 Å². The van der Waals surface area contributed by atoms with E-state index < -0.39 is 5.41 Å². The van der Waals surface area contributed by atoms with Crippen LogP contribution < -0.4 is 9.47 Å². The zero-order valence-corrected chi connectivity index (χ0v) is 24.3. The number of Topliss-reactive ketones (excluding diaryl/α,β-unsaturated/α-hetero) is 1. The minimum absolute atomic E-state index is 0. The van der Waals surface area contributed by atoms with E-state index in [-0.39, 0.29) is 24.2 Å². The largest absolute Gasteiger partial charge is 0.493 e. The minimum Gasteiger partial charge on any atom is -0.493 e. The van der Waals surface area contributed by atoms with Gasteiger partial charge < -0.3 is 14.4 Å². The first-order valence-electron chi connectivity index (χ1n) is 13.1. The maximum absolute atomic E-state index is 13.3.